The van der Waals surface area contributed by atoms with Gasteiger partial charge >= 0.3 is 0 Å². The number of ether oxygens (including phenoxy) is 2. The molecule has 1 fully saturated rings. The van der Waals surface area contributed by atoms with Gasteiger partial charge in [0.2, 0.25) is 0 Å². The molecule has 1 aliphatic heterocycles. The Balaban J connectivity index is 1.78. The summed E-state index contributed by atoms with van der Waals surface area (Å²) < 4.78 is 25.0. The minimum absolute atomic E-state index is 0.0623. The molecule has 3 rings (SSSR count). The lowest BCUT2D eigenvalue weighted by Gasteiger charge is -2.40. The molecule has 1 aromatic carbocycles. The van der Waals surface area contributed by atoms with Crippen LogP contribution in [0, 0.1) is 5.82 Å². The van der Waals surface area contributed by atoms with Gasteiger partial charge in [0.25, 0.3) is 0 Å². The van der Waals surface area contributed by atoms with Gasteiger partial charge in [-0.3, -0.25) is 0 Å². The molecule has 0 saturated carbocycles. The third-order valence-corrected chi connectivity index (χ3v) is 5.35. The fraction of sp³-hybridized carbons (Fsp3) is 0.579. The van der Waals surface area contributed by atoms with E-state index in [-0.39, 0.29) is 17.3 Å². The lowest BCUT2D eigenvalue weighted by atomic mass is 9.73. The van der Waals surface area contributed by atoms with E-state index in [9.17, 15) is 4.39 Å². The Hall–Kier alpha value is -1.23. The first kappa shape index (κ1) is 16.6. The molecule has 2 aliphatic rings. The van der Waals surface area contributed by atoms with E-state index in [1.54, 1.807) is 25.3 Å². The molecule has 1 aromatic rings. The largest absolute Gasteiger partial charge is 0.383 e. The molecule has 1 spiro atoms. The van der Waals surface area contributed by atoms with E-state index in [1.807, 2.05) is 6.07 Å². The highest BCUT2D eigenvalue weighted by Gasteiger charge is 2.45. The van der Waals surface area contributed by atoms with Gasteiger partial charge in [-0.25, -0.2) is 4.39 Å². The highest BCUT2D eigenvalue weighted by Crippen LogP contribution is 2.52. The molecule has 4 heteroatoms. The number of hydrogen-bond acceptors (Lipinski definition) is 3. The maximum Gasteiger partial charge on any atom is 0.123 e. The molecule has 3 nitrogen and oxygen atoms in total. The predicted octanol–water partition coefficient (Wildman–Crippen LogP) is 3.45. The van der Waals surface area contributed by atoms with Crippen LogP contribution in [0.2, 0.25) is 0 Å². The monoisotopic (exact) mass is 319 g/mol. The van der Waals surface area contributed by atoms with Crippen LogP contribution in [-0.2, 0) is 14.9 Å². The van der Waals surface area contributed by atoms with Crippen molar-refractivity contribution >= 4 is 0 Å². The molecule has 0 unspecified atom stereocenters. The van der Waals surface area contributed by atoms with Gasteiger partial charge in [-0.1, -0.05) is 12.1 Å². The molecule has 126 valence electrons. The first-order chi connectivity index (χ1) is 11.2. The van der Waals surface area contributed by atoms with Crippen molar-refractivity contribution in [3.8, 4) is 0 Å². The highest BCUT2D eigenvalue weighted by atomic mass is 19.1. The van der Waals surface area contributed by atoms with Crippen molar-refractivity contribution in [2.24, 2.45) is 0 Å². The van der Waals surface area contributed by atoms with Crippen LogP contribution in [0.4, 0.5) is 4.39 Å². The number of piperidine rings is 1. The SMILES string of the molecule is C=CCO[C@@H]1CC2(CCN(CCOC)CC2)c2cc(F)ccc21. The third-order valence-electron chi connectivity index (χ3n) is 5.35. The second kappa shape index (κ2) is 7.12. The van der Waals surface area contributed by atoms with Crippen LogP contribution in [0.1, 0.15) is 36.5 Å². The molecular formula is C19H26FNO2. The van der Waals surface area contributed by atoms with Gasteiger partial charge < -0.3 is 14.4 Å². The Morgan fingerprint density at radius 2 is 2.17 bits per heavy atom. The Kier molecular flexibility index (Phi) is 5.14. The molecule has 1 aliphatic carbocycles. The summed E-state index contributed by atoms with van der Waals surface area (Å²) in [4.78, 5) is 2.44. The maximum absolute atomic E-state index is 13.8. The van der Waals surface area contributed by atoms with Gasteiger partial charge in [-0.2, -0.15) is 0 Å². The number of likely N-dealkylation sites (tertiary alicyclic amines) is 1. The predicted molar refractivity (Wildman–Crippen MR) is 89.1 cm³/mol. The zero-order chi connectivity index (χ0) is 16.3. The van der Waals surface area contributed by atoms with Crippen molar-refractivity contribution in [2.75, 3.05) is 40.0 Å². The number of rotatable bonds is 6. The number of nitrogens with zero attached hydrogens (tertiary/aromatic N) is 1. The number of benzene rings is 1. The summed E-state index contributed by atoms with van der Waals surface area (Å²) in [5.74, 6) is -0.144. The number of halogens is 1. The van der Waals surface area contributed by atoms with Crippen molar-refractivity contribution in [1.29, 1.82) is 0 Å². The fourth-order valence-electron chi connectivity index (χ4n) is 4.07. The molecule has 0 N–H and O–H groups in total. The average Bonchev–Trinajstić information content (AvgIpc) is 2.86. The summed E-state index contributed by atoms with van der Waals surface area (Å²) in [5.41, 5.74) is 2.39. The zero-order valence-corrected chi connectivity index (χ0v) is 13.9. The van der Waals surface area contributed by atoms with Crippen molar-refractivity contribution in [3.05, 3.63) is 47.8 Å². The molecule has 23 heavy (non-hydrogen) atoms. The Bertz CT molecular complexity index is 552. The topological polar surface area (TPSA) is 21.7 Å². The second-order valence-electron chi connectivity index (χ2n) is 6.66. The Morgan fingerprint density at radius 3 is 2.87 bits per heavy atom. The third kappa shape index (κ3) is 3.35. The molecule has 0 aromatic heterocycles. The van der Waals surface area contributed by atoms with Crippen LogP contribution in [0.25, 0.3) is 0 Å². The number of hydrogen-bond donors (Lipinski definition) is 0. The van der Waals surface area contributed by atoms with Gasteiger partial charge in [0.15, 0.2) is 0 Å². The van der Waals surface area contributed by atoms with E-state index in [0.29, 0.717) is 6.61 Å². The Morgan fingerprint density at radius 1 is 1.39 bits per heavy atom. The standard InChI is InChI=1S/C19H26FNO2/c1-3-11-23-18-14-19(17-13-15(20)4-5-16(17)18)6-8-21(9-7-19)10-12-22-2/h3-5,13,18H,1,6-12,14H2,2H3/t18-/m1/s1. The fourth-order valence-corrected chi connectivity index (χ4v) is 4.07. The minimum Gasteiger partial charge on any atom is -0.383 e. The van der Waals surface area contributed by atoms with E-state index in [1.165, 1.54) is 5.56 Å². The first-order valence-electron chi connectivity index (χ1n) is 8.42. The van der Waals surface area contributed by atoms with Crippen LogP contribution in [0.15, 0.2) is 30.9 Å². The number of fused-ring (bicyclic) bond motifs is 2. The summed E-state index contributed by atoms with van der Waals surface area (Å²) in [6.45, 7) is 8.08. The maximum atomic E-state index is 13.8. The van der Waals surface area contributed by atoms with Crippen LogP contribution in [0.5, 0.6) is 0 Å². The summed E-state index contributed by atoms with van der Waals surface area (Å²) in [7, 11) is 1.74. The van der Waals surface area contributed by atoms with E-state index >= 15 is 0 Å². The van der Waals surface area contributed by atoms with E-state index in [2.05, 4.69) is 11.5 Å². The van der Waals surface area contributed by atoms with Gasteiger partial charge in [-0.05, 0) is 55.6 Å². The molecule has 1 heterocycles. The quantitative estimate of drug-likeness (QED) is 0.750. The summed E-state index contributed by atoms with van der Waals surface area (Å²) in [5, 5.41) is 0. The smallest absolute Gasteiger partial charge is 0.123 e. The molecule has 1 atom stereocenters. The van der Waals surface area contributed by atoms with Gasteiger partial charge in [0.05, 0.1) is 19.3 Å². The van der Waals surface area contributed by atoms with Crippen LogP contribution in [-0.4, -0.2) is 44.9 Å². The van der Waals surface area contributed by atoms with Crippen molar-refractivity contribution < 1.29 is 13.9 Å². The van der Waals surface area contributed by atoms with Crippen molar-refractivity contribution in [1.82, 2.24) is 4.90 Å². The lowest BCUT2D eigenvalue weighted by molar-refractivity contribution is 0.0458. The average molecular weight is 319 g/mol. The van der Waals surface area contributed by atoms with Gasteiger partial charge in [0.1, 0.15) is 5.82 Å². The van der Waals surface area contributed by atoms with Crippen LogP contribution in [0.3, 0.4) is 0 Å². The molecular weight excluding hydrogens is 293 g/mol. The zero-order valence-electron chi connectivity index (χ0n) is 13.9. The Labute approximate surface area is 138 Å². The molecule has 0 radical (unpaired) electrons. The van der Waals surface area contributed by atoms with Crippen molar-refractivity contribution in [3.63, 3.8) is 0 Å². The summed E-state index contributed by atoms with van der Waals surface area (Å²) in [6, 6.07) is 5.19. The van der Waals surface area contributed by atoms with E-state index in [4.69, 9.17) is 9.47 Å². The molecule has 1 saturated heterocycles. The van der Waals surface area contributed by atoms with Gasteiger partial charge in [-0.15, -0.1) is 6.58 Å². The highest BCUT2D eigenvalue weighted by molar-refractivity contribution is 5.42. The first-order valence-corrected chi connectivity index (χ1v) is 8.42. The molecule has 0 amide bonds. The molecule has 0 bridgehead atoms. The lowest BCUT2D eigenvalue weighted by Crippen LogP contribution is -2.42. The second-order valence-corrected chi connectivity index (χ2v) is 6.66. The van der Waals surface area contributed by atoms with Crippen LogP contribution < -0.4 is 0 Å². The van der Waals surface area contributed by atoms with E-state index in [0.717, 1.165) is 51.1 Å². The van der Waals surface area contributed by atoms with Crippen LogP contribution >= 0.6 is 0 Å². The summed E-state index contributed by atoms with van der Waals surface area (Å²) >= 11 is 0. The van der Waals surface area contributed by atoms with Gasteiger partial charge in [0, 0.05) is 19.1 Å². The van der Waals surface area contributed by atoms with Crippen molar-refractivity contribution in [2.45, 2.75) is 30.8 Å². The normalized spacial score (nSPS) is 23.1. The summed E-state index contributed by atoms with van der Waals surface area (Å²) in [6.07, 6.45) is 4.91. The number of methoxy groups -OCH3 is 1. The van der Waals surface area contributed by atoms with E-state index < -0.39 is 0 Å². The minimum atomic E-state index is -0.144.